The zero-order valence-electron chi connectivity index (χ0n) is 15.8. The minimum absolute atomic E-state index is 0.0511. The number of carbonyl (C=O) groups excluding carboxylic acids is 3. The third-order valence-electron chi connectivity index (χ3n) is 3.98. The van der Waals surface area contributed by atoms with Gasteiger partial charge in [0.2, 0.25) is 5.91 Å². The number of nitrogens with one attached hydrogen (secondary N) is 2. The van der Waals surface area contributed by atoms with Crippen molar-refractivity contribution in [1.82, 2.24) is 10.6 Å². The molecule has 8 nitrogen and oxygen atoms in total. The monoisotopic (exact) mass is 374 g/mol. The molecule has 0 aliphatic heterocycles. The van der Waals surface area contributed by atoms with E-state index in [0.717, 1.165) is 51.4 Å². The summed E-state index contributed by atoms with van der Waals surface area (Å²) in [4.78, 5) is 33.7. The molecule has 0 aliphatic rings. The van der Waals surface area contributed by atoms with Crippen molar-refractivity contribution in [2.45, 2.75) is 70.3 Å². The van der Waals surface area contributed by atoms with Gasteiger partial charge in [0.15, 0.2) is 6.10 Å². The van der Waals surface area contributed by atoms with E-state index in [2.05, 4.69) is 15.4 Å². The van der Waals surface area contributed by atoms with Crippen molar-refractivity contribution >= 4 is 17.8 Å². The number of hydrogen-bond donors (Lipinski definition) is 4. The SMILES string of the molecule is COC(=O)CCCCCCCCCCC(=O)NCCNC(=O)C(O)CO. The van der Waals surface area contributed by atoms with E-state index in [1.54, 1.807) is 0 Å². The van der Waals surface area contributed by atoms with Crippen LogP contribution < -0.4 is 10.6 Å². The molecule has 0 aliphatic carbocycles. The number of esters is 1. The summed E-state index contributed by atoms with van der Waals surface area (Å²) >= 11 is 0. The number of aliphatic hydroxyl groups is 2. The first-order valence-corrected chi connectivity index (χ1v) is 9.41. The van der Waals surface area contributed by atoms with E-state index in [4.69, 9.17) is 10.2 Å². The highest BCUT2D eigenvalue weighted by Crippen LogP contribution is 2.10. The zero-order chi connectivity index (χ0) is 19.6. The third-order valence-corrected chi connectivity index (χ3v) is 3.98. The smallest absolute Gasteiger partial charge is 0.305 e. The van der Waals surface area contributed by atoms with Crippen LogP contribution in [0.25, 0.3) is 0 Å². The predicted octanol–water partition coefficient (Wildman–Crippen LogP) is 0.646. The van der Waals surface area contributed by atoms with Gasteiger partial charge in [-0.15, -0.1) is 0 Å². The highest BCUT2D eigenvalue weighted by Gasteiger charge is 2.12. The van der Waals surface area contributed by atoms with E-state index >= 15 is 0 Å². The molecular weight excluding hydrogens is 340 g/mol. The molecule has 0 rings (SSSR count). The van der Waals surface area contributed by atoms with Crippen LogP contribution in [0.2, 0.25) is 0 Å². The Hall–Kier alpha value is -1.67. The number of aliphatic hydroxyl groups excluding tert-OH is 2. The van der Waals surface area contributed by atoms with Crippen LogP contribution in [0.5, 0.6) is 0 Å². The van der Waals surface area contributed by atoms with Gasteiger partial charge in [-0.2, -0.15) is 0 Å². The quantitative estimate of drug-likeness (QED) is 0.232. The number of methoxy groups -OCH3 is 1. The minimum atomic E-state index is -1.42. The summed E-state index contributed by atoms with van der Waals surface area (Å²) in [7, 11) is 1.41. The van der Waals surface area contributed by atoms with Crippen molar-refractivity contribution in [2.75, 3.05) is 26.8 Å². The van der Waals surface area contributed by atoms with E-state index in [1.165, 1.54) is 7.11 Å². The Morgan fingerprint density at radius 3 is 1.88 bits per heavy atom. The van der Waals surface area contributed by atoms with Crippen LogP contribution in [-0.4, -0.2) is 60.9 Å². The van der Waals surface area contributed by atoms with E-state index in [9.17, 15) is 14.4 Å². The van der Waals surface area contributed by atoms with Crippen LogP contribution in [0.4, 0.5) is 0 Å². The van der Waals surface area contributed by atoms with Crippen LogP contribution in [-0.2, 0) is 19.1 Å². The number of ether oxygens (including phenoxy) is 1. The molecule has 0 spiro atoms. The molecular formula is C18H34N2O6. The lowest BCUT2D eigenvalue weighted by Crippen LogP contribution is -2.40. The molecule has 1 unspecified atom stereocenters. The fourth-order valence-electron chi connectivity index (χ4n) is 2.39. The maximum absolute atomic E-state index is 11.6. The van der Waals surface area contributed by atoms with Gasteiger partial charge >= 0.3 is 5.97 Å². The first kappa shape index (κ1) is 24.3. The molecule has 0 radical (unpaired) electrons. The average molecular weight is 374 g/mol. The molecule has 2 amide bonds. The summed E-state index contributed by atoms with van der Waals surface area (Å²) in [6.07, 6.45) is 7.82. The first-order chi connectivity index (χ1) is 12.5. The lowest BCUT2D eigenvalue weighted by Gasteiger charge is -2.09. The van der Waals surface area contributed by atoms with Gasteiger partial charge in [-0.05, 0) is 12.8 Å². The lowest BCUT2D eigenvalue weighted by atomic mass is 10.1. The molecule has 0 aromatic heterocycles. The summed E-state index contributed by atoms with van der Waals surface area (Å²) in [5.74, 6) is -0.842. The normalized spacial score (nSPS) is 11.7. The molecule has 152 valence electrons. The van der Waals surface area contributed by atoms with Crippen LogP contribution in [0.3, 0.4) is 0 Å². The Bertz CT molecular complexity index is 403. The van der Waals surface area contributed by atoms with Crippen molar-refractivity contribution < 1.29 is 29.3 Å². The highest BCUT2D eigenvalue weighted by molar-refractivity contribution is 5.80. The molecule has 0 saturated carbocycles. The molecule has 0 aromatic rings. The van der Waals surface area contributed by atoms with Gasteiger partial charge in [0.1, 0.15) is 0 Å². The number of carbonyl (C=O) groups is 3. The third kappa shape index (κ3) is 14.7. The zero-order valence-corrected chi connectivity index (χ0v) is 15.8. The van der Waals surface area contributed by atoms with Gasteiger partial charge in [-0.1, -0.05) is 38.5 Å². The van der Waals surface area contributed by atoms with Crippen LogP contribution in [0.1, 0.15) is 64.2 Å². The summed E-state index contributed by atoms with van der Waals surface area (Å²) in [6, 6.07) is 0. The van der Waals surface area contributed by atoms with Gasteiger partial charge in [0.05, 0.1) is 13.7 Å². The molecule has 1 atom stereocenters. The number of unbranched alkanes of at least 4 members (excludes halogenated alkanes) is 7. The average Bonchev–Trinajstić information content (AvgIpc) is 2.65. The summed E-state index contributed by atoms with van der Waals surface area (Å²) in [5, 5.41) is 22.8. The summed E-state index contributed by atoms with van der Waals surface area (Å²) < 4.78 is 4.59. The van der Waals surface area contributed by atoms with E-state index in [1.807, 2.05) is 0 Å². The highest BCUT2D eigenvalue weighted by atomic mass is 16.5. The maximum Gasteiger partial charge on any atom is 0.305 e. The van der Waals surface area contributed by atoms with E-state index in [0.29, 0.717) is 19.4 Å². The van der Waals surface area contributed by atoms with Crippen LogP contribution in [0, 0.1) is 0 Å². The second-order valence-corrected chi connectivity index (χ2v) is 6.24. The van der Waals surface area contributed by atoms with Crippen LogP contribution >= 0.6 is 0 Å². The van der Waals surface area contributed by atoms with Crippen molar-refractivity contribution in [1.29, 1.82) is 0 Å². The Kier molecular flexibility index (Phi) is 15.7. The standard InChI is InChI=1S/C18H34N2O6/c1-26-17(24)11-9-7-5-3-2-4-6-8-10-16(23)19-12-13-20-18(25)15(22)14-21/h15,21-22H,2-14H2,1H3,(H,19,23)(H,20,25). The Morgan fingerprint density at radius 2 is 1.35 bits per heavy atom. The Morgan fingerprint density at radius 1 is 0.846 bits per heavy atom. The van der Waals surface area contributed by atoms with Gasteiger partial charge in [0.25, 0.3) is 5.91 Å². The molecule has 4 N–H and O–H groups in total. The minimum Gasteiger partial charge on any atom is -0.469 e. The predicted molar refractivity (Wildman–Crippen MR) is 97.3 cm³/mol. The van der Waals surface area contributed by atoms with Crippen molar-refractivity contribution in [3.05, 3.63) is 0 Å². The van der Waals surface area contributed by atoms with Crippen molar-refractivity contribution in [3.63, 3.8) is 0 Å². The second kappa shape index (κ2) is 16.8. The largest absolute Gasteiger partial charge is 0.469 e. The van der Waals surface area contributed by atoms with Gasteiger partial charge in [0, 0.05) is 25.9 Å². The molecule has 0 aromatic carbocycles. The lowest BCUT2D eigenvalue weighted by molar-refractivity contribution is -0.140. The fraction of sp³-hybridized carbons (Fsp3) is 0.833. The molecule has 0 saturated heterocycles. The summed E-state index contributed by atoms with van der Waals surface area (Å²) in [5.41, 5.74) is 0. The molecule has 0 bridgehead atoms. The molecule has 26 heavy (non-hydrogen) atoms. The van der Waals surface area contributed by atoms with E-state index < -0.39 is 18.6 Å². The van der Waals surface area contributed by atoms with Crippen LogP contribution in [0.15, 0.2) is 0 Å². The molecule has 0 fully saturated rings. The second-order valence-electron chi connectivity index (χ2n) is 6.24. The Labute approximate surface area is 155 Å². The fourth-order valence-corrected chi connectivity index (χ4v) is 2.39. The maximum atomic E-state index is 11.6. The van der Waals surface area contributed by atoms with Crippen molar-refractivity contribution in [2.24, 2.45) is 0 Å². The Balaban J connectivity index is 3.34. The topological polar surface area (TPSA) is 125 Å². The van der Waals surface area contributed by atoms with E-state index in [-0.39, 0.29) is 18.4 Å². The molecule has 0 heterocycles. The number of rotatable bonds is 16. The number of hydrogen-bond acceptors (Lipinski definition) is 6. The van der Waals surface area contributed by atoms with Gasteiger partial charge in [-0.3, -0.25) is 14.4 Å². The van der Waals surface area contributed by atoms with Gasteiger partial charge in [-0.25, -0.2) is 0 Å². The van der Waals surface area contributed by atoms with Crippen molar-refractivity contribution in [3.8, 4) is 0 Å². The molecule has 8 heteroatoms. The summed E-state index contributed by atoms with van der Waals surface area (Å²) in [6.45, 7) is -0.0996. The van der Waals surface area contributed by atoms with Gasteiger partial charge < -0.3 is 25.6 Å². The first-order valence-electron chi connectivity index (χ1n) is 9.41. The number of amides is 2.